The summed E-state index contributed by atoms with van der Waals surface area (Å²) in [6.07, 6.45) is 0. The molecule has 13 heavy (non-hydrogen) atoms. The van der Waals surface area contributed by atoms with Crippen LogP contribution in [0.1, 0.15) is 10.4 Å². The topological polar surface area (TPSA) is 40.1 Å². The van der Waals surface area contributed by atoms with Crippen molar-refractivity contribution in [1.82, 2.24) is 0 Å². The van der Waals surface area contributed by atoms with Crippen molar-refractivity contribution in [2.24, 2.45) is 0 Å². The Labute approximate surface area is 99.8 Å². The first-order valence-electron chi connectivity index (χ1n) is 2.89. The molecule has 0 aliphatic rings. The maximum Gasteiger partial charge on any atom is 1.00 e. The van der Waals surface area contributed by atoms with Crippen LogP contribution >= 0.6 is 11.6 Å². The van der Waals surface area contributed by atoms with Gasteiger partial charge in [0.1, 0.15) is 5.82 Å². The van der Waals surface area contributed by atoms with Gasteiger partial charge in [0.25, 0.3) is 0 Å². The van der Waals surface area contributed by atoms with Crippen molar-refractivity contribution >= 4 is 17.6 Å². The van der Waals surface area contributed by atoms with Gasteiger partial charge in [0.05, 0.1) is 16.6 Å². The molecule has 0 saturated carbocycles. The summed E-state index contributed by atoms with van der Waals surface area (Å²) in [6, 6.07) is 1.69. The number of rotatable bonds is 1. The van der Waals surface area contributed by atoms with Gasteiger partial charge in [-0.25, -0.2) is 8.78 Å². The molecule has 1 rings (SSSR count). The van der Waals surface area contributed by atoms with Crippen LogP contribution in [0, 0.1) is 11.6 Å². The smallest absolute Gasteiger partial charge is 0.545 e. The van der Waals surface area contributed by atoms with E-state index in [1.807, 2.05) is 0 Å². The van der Waals surface area contributed by atoms with E-state index in [2.05, 4.69) is 0 Å². The van der Waals surface area contributed by atoms with E-state index in [0.717, 1.165) is 12.1 Å². The summed E-state index contributed by atoms with van der Waals surface area (Å²) >= 11 is 5.20. The Morgan fingerprint density at radius 2 is 1.92 bits per heavy atom. The number of carboxylic acids is 1. The summed E-state index contributed by atoms with van der Waals surface area (Å²) in [7, 11) is 0. The van der Waals surface area contributed by atoms with Crippen LogP contribution < -0.4 is 34.7 Å². The molecule has 0 unspecified atom stereocenters. The standard InChI is InChI=1S/C7H3ClF2O2.Na/c8-3-1-2-4(9)5(6(3)10)7(11)12;/h1-2H,(H,11,12);/q;+1/p-1. The quantitative estimate of drug-likeness (QED) is 0.400. The van der Waals surface area contributed by atoms with Crippen LogP contribution in [0.25, 0.3) is 0 Å². The Hall–Kier alpha value is -0.160. The minimum absolute atomic E-state index is 0. The van der Waals surface area contributed by atoms with Crippen molar-refractivity contribution in [2.75, 3.05) is 0 Å². The Bertz CT molecular complexity index is 344. The van der Waals surface area contributed by atoms with E-state index in [1.54, 1.807) is 0 Å². The molecule has 0 aliphatic heterocycles. The number of benzene rings is 1. The van der Waals surface area contributed by atoms with Gasteiger partial charge in [0, 0.05) is 0 Å². The Morgan fingerprint density at radius 3 is 2.31 bits per heavy atom. The van der Waals surface area contributed by atoms with Crippen LogP contribution in [0.3, 0.4) is 0 Å². The minimum Gasteiger partial charge on any atom is -0.545 e. The second-order valence-electron chi connectivity index (χ2n) is 2.01. The maximum absolute atomic E-state index is 12.7. The van der Waals surface area contributed by atoms with Crippen molar-refractivity contribution < 1.29 is 48.2 Å². The van der Waals surface area contributed by atoms with Gasteiger partial charge in [0.2, 0.25) is 0 Å². The molecule has 0 spiro atoms. The van der Waals surface area contributed by atoms with Crippen molar-refractivity contribution in [1.29, 1.82) is 0 Å². The molecule has 64 valence electrons. The van der Waals surface area contributed by atoms with Crippen molar-refractivity contribution in [3.63, 3.8) is 0 Å². The second kappa shape index (κ2) is 4.91. The van der Waals surface area contributed by atoms with E-state index >= 15 is 0 Å². The third-order valence-electron chi connectivity index (χ3n) is 1.25. The van der Waals surface area contributed by atoms with E-state index in [-0.39, 0.29) is 29.6 Å². The fourth-order valence-electron chi connectivity index (χ4n) is 0.714. The molecule has 0 fully saturated rings. The van der Waals surface area contributed by atoms with Gasteiger partial charge in [0.15, 0.2) is 5.82 Å². The minimum atomic E-state index is -1.92. The molecule has 6 heteroatoms. The summed E-state index contributed by atoms with van der Waals surface area (Å²) in [6.45, 7) is 0. The predicted molar refractivity (Wildman–Crippen MR) is 35.7 cm³/mol. The first kappa shape index (κ1) is 12.8. The van der Waals surface area contributed by atoms with Gasteiger partial charge in [-0.3, -0.25) is 0 Å². The molecule has 0 atom stereocenters. The van der Waals surface area contributed by atoms with Crippen LogP contribution in [-0.4, -0.2) is 5.97 Å². The van der Waals surface area contributed by atoms with Crippen molar-refractivity contribution in [3.8, 4) is 0 Å². The molecule has 0 heterocycles. The van der Waals surface area contributed by atoms with Gasteiger partial charge >= 0.3 is 29.6 Å². The average molecular weight is 215 g/mol. The van der Waals surface area contributed by atoms with Gasteiger partial charge in [-0.15, -0.1) is 0 Å². The Kier molecular flexibility index (Phi) is 4.85. The molecule has 2 nitrogen and oxygen atoms in total. The third-order valence-corrected chi connectivity index (χ3v) is 1.54. The molecule has 0 bridgehead atoms. The van der Waals surface area contributed by atoms with Gasteiger partial charge in [-0.1, -0.05) is 11.6 Å². The summed E-state index contributed by atoms with van der Waals surface area (Å²) in [5.41, 5.74) is -1.14. The van der Waals surface area contributed by atoms with Crippen LogP contribution in [-0.2, 0) is 0 Å². The molecular weight excluding hydrogens is 213 g/mol. The number of hydrogen-bond acceptors (Lipinski definition) is 2. The van der Waals surface area contributed by atoms with Crippen LogP contribution in [0.4, 0.5) is 8.78 Å². The van der Waals surface area contributed by atoms with E-state index in [9.17, 15) is 18.7 Å². The fraction of sp³-hybridized carbons (Fsp3) is 0. The average Bonchev–Trinajstić information content (AvgIpc) is 1.97. The molecule has 0 radical (unpaired) electrons. The van der Waals surface area contributed by atoms with Crippen molar-refractivity contribution in [2.45, 2.75) is 0 Å². The van der Waals surface area contributed by atoms with Crippen LogP contribution in [0.2, 0.25) is 5.02 Å². The molecule has 0 saturated heterocycles. The first-order chi connectivity index (χ1) is 5.54. The number of hydrogen-bond donors (Lipinski definition) is 0. The van der Waals surface area contributed by atoms with E-state index in [4.69, 9.17) is 11.6 Å². The van der Waals surface area contributed by atoms with E-state index in [1.165, 1.54) is 0 Å². The zero-order valence-electron chi connectivity index (χ0n) is 6.61. The largest absolute Gasteiger partial charge is 1.00 e. The van der Waals surface area contributed by atoms with Crippen LogP contribution in [0.15, 0.2) is 12.1 Å². The molecule has 0 N–H and O–H groups in total. The SMILES string of the molecule is O=C([O-])c1c(F)ccc(Cl)c1F.[Na+]. The number of carbonyl (C=O) groups is 1. The summed E-state index contributed by atoms with van der Waals surface area (Å²) in [5, 5.41) is 9.70. The Morgan fingerprint density at radius 1 is 1.38 bits per heavy atom. The van der Waals surface area contributed by atoms with Gasteiger partial charge in [-0.05, 0) is 12.1 Å². The molecule has 1 aromatic rings. The van der Waals surface area contributed by atoms with Gasteiger partial charge in [-0.2, -0.15) is 0 Å². The van der Waals surface area contributed by atoms with E-state index in [0.29, 0.717) is 0 Å². The number of halogens is 3. The summed E-state index contributed by atoms with van der Waals surface area (Å²) in [4.78, 5) is 10.1. The van der Waals surface area contributed by atoms with Gasteiger partial charge < -0.3 is 9.90 Å². The molecule has 0 amide bonds. The zero-order valence-corrected chi connectivity index (χ0v) is 9.36. The zero-order chi connectivity index (χ0) is 9.30. The van der Waals surface area contributed by atoms with E-state index < -0.39 is 28.2 Å². The Balaban J connectivity index is 0.00000144. The first-order valence-corrected chi connectivity index (χ1v) is 3.26. The number of aromatic carboxylic acids is 1. The predicted octanol–water partition coefficient (Wildman–Crippen LogP) is -2.01. The molecule has 1 aromatic carbocycles. The summed E-state index contributed by atoms with van der Waals surface area (Å²) in [5.74, 6) is -4.43. The fourth-order valence-corrected chi connectivity index (χ4v) is 0.872. The number of carbonyl (C=O) groups excluding carboxylic acids is 1. The molecule has 0 aromatic heterocycles. The maximum atomic E-state index is 12.7. The molecule has 0 aliphatic carbocycles. The van der Waals surface area contributed by atoms with Crippen LogP contribution in [0.5, 0.6) is 0 Å². The van der Waals surface area contributed by atoms with Crippen molar-refractivity contribution in [3.05, 3.63) is 34.4 Å². The molecular formula is C7H2ClF2NaO2. The number of carboxylic acid groups (broad SMARTS) is 1. The normalized spacial score (nSPS) is 9.15. The summed E-state index contributed by atoms with van der Waals surface area (Å²) < 4.78 is 25.3. The second-order valence-corrected chi connectivity index (χ2v) is 2.41. The third kappa shape index (κ3) is 2.64. The monoisotopic (exact) mass is 214 g/mol.